The first-order chi connectivity index (χ1) is 17.4. The highest BCUT2D eigenvalue weighted by atomic mass is 16.5. The van der Waals surface area contributed by atoms with Crippen LogP contribution in [0.2, 0.25) is 0 Å². The van der Waals surface area contributed by atoms with Crippen molar-refractivity contribution in [2.75, 3.05) is 27.3 Å². The molecule has 2 aromatic heterocycles. The van der Waals surface area contributed by atoms with Crippen molar-refractivity contribution < 1.29 is 24.2 Å². The molecule has 5 rings (SSSR count). The zero-order chi connectivity index (χ0) is 25.4. The van der Waals surface area contributed by atoms with Crippen LogP contribution in [-0.4, -0.2) is 58.6 Å². The number of allylic oxidation sites excluding steroid dienone is 1. The molecular formula is C28H25N3O5. The summed E-state index contributed by atoms with van der Waals surface area (Å²) in [4.78, 5) is 31.8. The van der Waals surface area contributed by atoms with Crippen LogP contribution >= 0.6 is 0 Å². The molecule has 8 heteroatoms. The number of fused-ring (bicyclic) bond motifs is 2. The molecule has 0 bridgehead atoms. The highest BCUT2D eigenvalue weighted by molar-refractivity contribution is 6.17. The number of pyridine rings is 1. The number of amides is 1. The molecule has 1 amide bonds. The first-order valence-electron chi connectivity index (χ1n) is 11.4. The van der Waals surface area contributed by atoms with E-state index in [0.717, 1.165) is 27.7 Å². The van der Waals surface area contributed by atoms with Gasteiger partial charge in [0, 0.05) is 56.7 Å². The summed E-state index contributed by atoms with van der Waals surface area (Å²) in [5.74, 6) is -0.0904. The topological polar surface area (TPSA) is 93.9 Å². The molecule has 3 heterocycles. The molecule has 182 valence electrons. The zero-order valence-electron chi connectivity index (χ0n) is 20.2. The zero-order valence-corrected chi connectivity index (χ0v) is 20.2. The number of phenols is 1. The largest absolute Gasteiger partial charge is 0.507 e. The van der Waals surface area contributed by atoms with Crippen molar-refractivity contribution in [3.8, 4) is 22.6 Å². The summed E-state index contributed by atoms with van der Waals surface area (Å²) in [6, 6.07) is 14.1. The lowest BCUT2D eigenvalue weighted by atomic mass is 9.99. The average molecular weight is 484 g/mol. The molecule has 0 aliphatic carbocycles. The summed E-state index contributed by atoms with van der Waals surface area (Å²) >= 11 is 0. The Morgan fingerprint density at radius 2 is 1.97 bits per heavy atom. The number of hydrogen-bond acceptors (Lipinski definition) is 6. The van der Waals surface area contributed by atoms with Gasteiger partial charge < -0.3 is 24.0 Å². The van der Waals surface area contributed by atoms with Crippen LogP contribution in [0.1, 0.15) is 26.3 Å². The lowest BCUT2D eigenvalue weighted by Gasteiger charge is -2.16. The van der Waals surface area contributed by atoms with Crippen molar-refractivity contribution in [3.63, 3.8) is 0 Å². The summed E-state index contributed by atoms with van der Waals surface area (Å²) in [5, 5.41) is 11.0. The summed E-state index contributed by atoms with van der Waals surface area (Å²) in [5.41, 5.74) is 4.06. The fourth-order valence-corrected chi connectivity index (χ4v) is 4.39. The van der Waals surface area contributed by atoms with Crippen LogP contribution in [0.4, 0.5) is 0 Å². The van der Waals surface area contributed by atoms with E-state index in [2.05, 4.69) is 4.98 Å². The number of nitrogens with zero attached hydrogens (tertiary/aromatic N) is 3. The number of ether oxygens (including phenoxy) is 2. The fraction of sp³-hybridized carbons (Fsp3) is 0.179. The van der Waals surface area contributed by atoms with Gasteiger partial charge in [-0.15, -0.1) is 0 Å². The molecule has 8 nitrogen and oxygen atoms in total. The molecule has 0 saturated heterocycles. The van der Waals surface area contributed by atoms with Gasteiger partial charge in [-0.05, 0) is 47.5 Å². The number of rotatable bonds is 6. The highest BCUT2D eigenvalue weighted by Gasteiger charge is 2.30. The second-order valence-electron chi connectivity index (χ2n) is 8.64. The maximum atomic E-state index is 12.9. The van der Waals surface area contributed by atoms with Gasteiger partial charge in [0.1, 0.15) is 22.7 Å². The Bertz CT molecular complexity index is 1520. The Kier molecular flexibility index (Phi) is 6.03. The van der Waals surface area contributed by atoms with Gasteiger partial charge in [-0.1, -0.05) is 18.2 Å². The van der Waals surface area contributed by atoms with E-state index in [1.165, 1.54) is 6.07 Å². The van der Waals surface area contributed by atoms with Gasteiger partial charge in [-0.25, -0.2) is 4.98 Å². The Labute approximate surface area is 208 Å². The minimum atomic E-state index is -0.369. The molecular weight excluding hydrogens is 458 g/mol. The molecule has 0 unspecified atom stereocenters. The SMILES string of the molecule is COCCN(C)C(=O)c1ccc(-c2ccnc3c2c(C=C2Oc4cccc(O)c4C2=O)cn3C)cc1. The van der Waals surface area contributed by atoms with E-state index in [9.17, 15) is 14.7 Å². The van der Waals surface area contributed by atoms with Gasteiger partial charge >= 0.3 is 0 Å². The number of methoxy groups -OCH3 is 1. The number of hydrogen-bond donors (Lipinski definition) is 1. The Balaban J connectivity index is 1.53. The van der Waals surface area contributed by atoms with Crippen LogP contribution in [0.3, 0.4) is 0 Å². The van der Waals surface area contributed by atoms with E-state index in [0.29, 0.717) is 24.5 Å². The van der Waals surface area contributed by atoms with Crippen molar-refractivity contribution in [2.45, 2.75) is 0 Å². The van der Waals surface area contributed by atoms with Crippen LogP contribution in [0.15, 0.2) is 66.7 Å². The van der Waals surface area contributed by atoms with E-state index in [1.807, 2.05) is 36.0 Å². The molecule has 1 aliphatic rings. The van der Waals surface area contributed by atoms with Crippen LogP contribution in [-0.2, 0) is 11.8 Å². The van der Waals surface area contributed by atoms with Gasteiger partial charge in [-0.3, -0.25) is 9.59 Å². The van der Waals surface area contributed by atoms with Crippen LogP contribution in [0.25, 0.3) is 28.2 Å². The number of aryl methyl sites for hydroxylation is 1. The van der Waals surface area contributed by atoms with Crippen LogP contribution < -0.4 is 4.74 Å². The van der Waals surface area contributed by atoms with E-state index < -0.39 is 0 Å². The lowest BCUT2D eigenvalue weighted by Crippen LogP contribution is -2.29. The van der Waals surface area contributed by atoms with Gasteiger partial charge in [0.15, 0.2) is 5.76 Å². The van der Waals surface area contributed by atoms with Gasteiger partial charge in [0.05, 0.1) is 6.61 Å². The second kappa shape index (κ2) is 9.31. The summed E-state index contributed by atoms with van der Waals surface area (Å²) in [6.45, 7) is 0.977. The number of aromatic nitrogens is 2. The number of benzene rings is 2. The van der Waals surface area contributed by atoms with E-state index in [1.54, 1.807) is 55.6 Å². The monoisotopic (exact) mass is 483 g/mol. The van der Waals surface area contributed by atoms with E-state index in [-0.39, 0.29) is 28.8 Å². The minimum Gasteiger partial charge on any atom is -0.507 e. The second-order valence-corrected chi connectivity index (χ2v) is 8.64. The first-order valence-corrected chi connectivity index (χ1v) is 11.4. The van der Waals surface area contributed by atoms with Gasteiger partial charge in [0.2, 0.25) is 5.78 Å². The maximum absolute atomic E-state index is 12.9. The third kappa shape index (κ3) is 4.01. The molecule has 0 spiro atoms. The predicted molar refractivity (Wildman–Crippen MR) is 136 cm³/mol. The normalized spacial score (nSPS) is 13.8. The molecule has 0 atom stereocenters. The molecule has 36 heavy (non-hydrogen) atoms. The Morgan fingerprint density at radius 1 is 1.19 bits per heavy atom. The number of likely N-dealkylation sites (N-methyl/N-ethyl adjacent to an activating group) is 1. The molecule has 1 aliphatic heterocycles. The Morgan fingerprint density at radius 3 is 2.69 bits per heavy atom. The number of Topliss-reactive ketones (excluding diaryl/α,β-unsaturated/α-hetero) is 1. The van der Waals surface area contributed by atoms with Crippen LogP contribution in [0.5, 0.6) is 11.5 Å². The number of carbonyl (C=O) groups excluding carboxylic acids is 2. The molecule has 0 saturated carbocycles. The third-order valence-electron chi connectivity index (χ3n) is 6.27. The van der Waals surface area contributed by atoms with Crippen molar-refractivity contribution in [1.82, 2.24) is 14.5 Å². The minimum absolute atomic E-state index is 0.0803. The van der Waals surface area contributed by atoms with E-state index >= 15 is 0 Å². The summed E-state index contributed by atoms with van der Waals surface area (Å²) < 4.78 is 12.7. The smallest absolute Gasteiger partial charge is 0.253 e. The van der Waals surface area contributed by atoms with Crippen molar-refractivity contribution in [3.05, 3.63) is 83.4 Å². The number of ketones is 1. The fourth-order valence-electron chi connectivity index (χ4n) is 4.39. The summed E-state index contributed by atoms with van der Waals surface area (Å²) in [6.07, 6.45) is 5.30. The van der Waals surface area contributed by atoms with Crippen molar-refractivity contribution in [1.29, 1.82) is 0 Å². The third-order valence-corrected chi connectivity index (χ3v) is 6.27. The van der Waals surface area contributed by atoms with E-state index in [4.69, 9.17) is 9.47 Å². The highest BCUT2D eigenvalue weighted by Crippen LogP contribution is 2.39. The van der Waals surface area contributed by atoms with Crippen LogP contribution in [0, 0.1) is 0 Å². The maximum Gasteiger partial charge on any atom is 0.253 e. The van der Waals surface area contributed by atoms with Gasteiger partial charge in [-0.2, -0.15) is 0 Å². The molecule has 1 N–H and O–H groups in total. The molecule has 0 fully saturated rings. The quantitative estimate of drug-likeness (QED) is 0.412. The average Bonchev–Trinajstić information content (AvgIpc) is 3.39. The van der Waals surface area contributed by atoms with Gasteiger partial charge in [0.25, 0.3) is 5.91 Å². The molecule has 4 aromatic rings. The number of aromatic hydroxyl groups is 1. The standard InChI is InChI=1S/C28H25N3O5/c1-30(13-14-35-3)28(34)18-9-7-17(8-10-18)20-11-12-29-27-24(20)19(16-31(27)2)15-23-26(33)25-21(32)5-4-6-22(25)36-23/h4-12,15-16,32H,13-14H2,1-3H3. The predicted octanol–water partition coefficient (Wildman–Crippen LogP) is 4.28. The summed E-state index contributed by atoms with van der Waals surface area (Å²) in [7, 11) is 5.24. The molecule has 2 aromatic carbocycles. The Hall–Kier alpha value is -4.43. The van der Waals surface area contributed by atoms with Crippen molar-refractivity contribution in [2.24, 2.45) is 7.05 Å². The number of carbonyl (C=O) groups is 2. The lowest BCUT2D eigenvalue weighted by molar-refractivity contribution is 0.0744. The number of phenolic OH excluding ortho intramolecular Hbond substituents is 1. The molecule has 0 radical (unpaired) electrons. The first kappa shape index (κ1) is 23.3. The van der Waals surface area contributed by atoms with Crippen molar-refractivity contribution >= 4 is 28.8 Å².